The Hall–Kier alpha value is -0.290. The lowest BCUT2D eigenvalue weighted by molar-refractivity contribution is -0.194. The smallest absolute Gasteiger partial charge is 0.317 e. The van der Waals surface area contributed by atoms with Gasteiger partial charge in [0.05, 0.1) is 0 Å². The van der Waals surface area contributed by atoms with Crippen LogP contribution in [0.4, 0.5) is 13.2 Å². The number of hydrogen-bond acceptors (Lipinski definition) is 2. The molecular weight excluding hydrogens is 195 g/mol. The Morgan fingerprint density at radius 2 is 1.79 bits per heavy atom. The van der Waals surface area contributed by atoms with Crippen LogP contribution in [0.1, 0.15) is 19.8 Å². The van der Waals surface area contributed by atoms with Gasteiger partial charge in [0.1, 0.15) is 6.10 Å². The van der Waals surface area contributed by atoms with Crippen LogP contribution in [0.15, 0.2) is 0 Å². The Balaban J connectivity index is 2.60. The molecule has 84 valence electrons. The second-order valence-electron chi connectivity index (χ2n) is 3.63. The SMILES string of the molecule is COC(C)C(F)(F)C(F)N1CCCC1. The molecule has 14 heavy (non-hydrogen) atoms. The Morgan fingerprint density at radius 1 is 1.29 bits per heavy atom. The molecule has 0 aromatic carbocycles. The first-order valence-electron chi connectivity index (χ1n) is 4.79. The van der Waals surface area contributed by atoms with E-state index < -0.39 is 18.3 Å². The highest BCUT2D eigenvalue weighted by Gasteiger charge is 2.49. The Kier molecular flexibility index (Phi) is 3.78. The average Bonchev–Trinajstić information content (AvgIpc) is 2.67. The summed E-state index contributed by atoms with van der Waals surface area (Å²) in [7, 11) is 1.16. The van der Waals surface area contributed by atoms with Gasteiger partial charge in [0.2, 0.25) is 6.30 Å². The highest BCUT2D eigenvalue weighted by Crippen LogP contribution is 2.31. The summed E-state index contributed by atoms with van der Waals surface area (Å²) in [6.07, 6.45) is -2.03. The molecule has 0 aliphatic carbocycles. The first-order chi connectivity index (χ1) is 6.50. The summed E-state index contributed by atoms with van der Waals surface area (Å²) in [6.45, 7) is 2.00. The normalized spacial score (nSPS) is 23.8. The molecule has 0 aromatic rings. The van der Waals surface area contributed by atoms with Crippen molar-refractivity contribution in [2.45, 2.75) is 38.1 Å². The van der Waals surface area contributed by atoms with E-state index in [1.165, 1.54) is 11.8 Å². The van der Waals surface area contributed by atoms with Gasteiger partial charge in [0, 0.05) is 20.2 Å². The van der Waals surface area contributed by atoms with Crippen molar-refractivity contribution in [2.75, 3.05) is 20.2 Å². The van der Waals surface area contributed by atoms with Crippen LogP contribution < -0.4 is 0 Å². The molecule has 0 aromatic heterocycles. The molecule has 1 aliphatic rings. The summed E-state index contributed by atoms with van der Waals surface area (Å²) in [4.78, 5) is 1.18. The lowest BCUT2D eigenvalue weighted by Gasteiger charge is -2.31. The summed E-state index contributed by atoms with van der Waals surface area (Å²) >= 11 is 0. The van der Waals surface area contributed by atoms with Gasteiger partial charge in [0.25, 0.3) is 0 Å². The molecule has 0 N–H and O–H groups in total. The van der Waals surface area contributed by atoms with Crippen LogP contribution in [-0.4, -0.2) is 43.4 Å². The molecule has 2 unspecified atom stereocenters. The van der Waals surface area contributed by atoms with E-state index in [0.717, 1.165) is 20.0 Å². The average molecular weight is 211 g/mol. The summed E-state index contributed by atoms with van der Waals surface area (Å²) in [5.74, 6) is -3.43. The Labute approximate surface area is 82.0 Å². The maximum Gasteiger partial charge on any atom is 0.317 e. The zero-order valence-corrected chi connectivity index (χ0v) is 8.47. The summed E-state index contributed by atoms with van der Waals surface area (Å²) in [6, 6.07) is 0. The van der Waals surface area contributed by atoms with E-state index in [-0.39, 0.29) is 0 Å². The fraction of sp³-hybridized carbons (Fsp3) is 1.00. The first-order valence-corrected chi connectivity index (χ1v) is 4.79. The third-order valence-electron chi connectivity index (χ3n) is 2.67. The van der Waals surface area contributed by atoms with E-state index in [9.17, 15) is 13.2 Å². The van der Waals surface area contributed by atoms with Gasteiger partial charge < -0.3 is 4.74 Å². The number of alkyl halides is 3. The maximum absolute atomic E-state index is 13.4. The van der Waals surface area contributed by atoms with Crippen LogP contribution in [0.2, 0.25) is 0 Å². The van der Waals surface area contributed by atoms with Crippen molar-refractivity contribution in [2.24, 2.45) is 0 Å². The van der Waals surface area contributed by atoms with Crippen molar-refractivity contribution in [1.29, 1.82) is 0 Å². The number of ether oxygens (including phenoxy) is 1. The maximum atomic E-state index is 13.4. The minimum Gasteiger partial charge on any atom is -0.375 e. The summed E-state index contributed by atoms with van der Waals surface area (Å²) < 4.78 is 44.5. The molecule has 1 fully saturated rings. The molecule has 5 heteroatoms. The van der Waals surface area contributed by atoms with Gasteiger partial charge in [-0.3, -0.25) is 4.90 Å². The molecule has 0 bridgehead atoms. The zero-order chi connectivity index (χ0) is 10.8. The lowest BCUT2D eigenvalue weighted by Crippen LogP contribution is -2.50. The van der Waals surface area contributed by atoms with Crippen molar-refractivity contribution in [3.8, 4) is 0 Å². The molecule has 1 aliphatic heterocycles. The molecule has 2 nitrogen and oxygen atoms in total. The monoisotopic (exact) mass is 211 g/mol. The van der Waals surface area contributed by atoms with E-state index in [0.29, 0.717) is 13.1 Å². The van der Waals surface area contributed by atoms with Gasteiger partial charge in [-0.15, -0.1) is 0 Å². The second kappa shape index (κ2) is 4.49. The van der Waals surface area contributed by atoms with Gasteiger partial charge in [-0.2, -0.15) is 8.78 Å². The van der Waals surface area contributed by atoms with E-state index in [4.69, 9.17) is 0 Å². The van der Waals surface area contributed by atoms with Crippen LogP contribution in [0.25, 0.3) is 0 Å². The van der Waals surface area contributed by atoms with Crippen molar-refractivity contribution < 1.29 is 17.9 Å². The minimum atomic E-state index is -3.43. The van der Waals surface area contributed by atoms with E-state index in [1.54, 1.807) is 0 Å². The second-order valence-corrected chi connectivity index (χ2v) is 3.63. The fourth-order valence-electron chi connectivity index (χ4n) is 1.56. The number of nitrogens with zero attached hydrogens (tertiary/aromatic N) is 1. The number of hydrogen-bond donors (Lipinski definition) is 0. The predicted molar refractivity (Wildman–Crippen MR) is 47.1 cm³/mol. The lowest BCUT2D eigenvalue weighted by atomic mass is 10.2. The number of methoxy groups -OCH3 is 1. The molecule has 1 heterocycles. The molecule has 0 saturated carbocycles. The molecule has 0 spiro atoms. The van der Waals surface area contributed by atoms with E-state index in [1.807, 2.05) is 0 Å². The van der Waals surface area contributed by atoms with Crippen LogP contribution in [0.3, 0.4) is 0 Å². The van der Waals surface area contributed by atoms with Gasteiger partial charge in [0.15, 0.2) is 0 Å². The highest BCUT2D eigenvalue weighted by atomic mass is 19.3. The summed E-state index contributed by atoms with van der Waals surface area (Å²) in [5, 5.41) is 0. The van der Waals surface area contributed by atoms with Crippen molar-refractivity contribution in [1.82, 2.24) is 4.90 Å². The van der Waals surface area contributed by atoms with Gasteiger partial charge >= 0.3 is 5.92 Å². The van der Waals surface area contributed by atoms with Crippen molar-refractivity contribution >= 4 is 0 Å². The third kappa shape index (κ3) is 2.20. The van der Waals surface area contributed by atoms with Gasteiger partial charge in [-0.05, 0) is 19.8 Å². The summed E-state index contributed by atoms with van der Waals surface area (Å²) in [5.41, 5.74) is 0. The largest absolute Gasteiger partial charge is 0.375 e. The number of halogens is 3. The Bertz CT molecular complexity index is 183. The van der Waals surface area contributed by atoms with Crippen molar-refractivity contribution in [3.63, 3.8) is 0 Å². The zero-order valence-electron chi connectivity index (χ0n) is 8.47. The minimum absolute atomic E-state index is 0.410. The van der Waals surface area contributed by atoms with Crippen LogP contribution in [0.5, 0.6) is 0 Å². The molecule has 0 radical (unpaired) electrons. The number of likely N-dealkylation sites (tertiary alicyclic amines) is 1. The van der Waals surface area contributed by atoms with Crippen LogP contribution in [0, 0.1) is 0 Å². The van der Waals surface area contributed by atoms with Crippen molar-refractivity contribution in [3.05, 3.63) is 0 Å². The third-order valence-corrected chi connectivity index (χ3v) is 2.67. The standard InChI is InChI=1S/C9H16F3NO/c1-7(14-2)9(11,12)8(10)13-5-3-4-6-13/h7-8H,3-6H2,1-2H3. The van der Waals surface area contributed by atoms with Gasteiger partial charge in [-0.1, -0.05) is 0 Å². The molecular formula is C9H16F3NO. The molecule has 1 rings (SSSR count). The number of rotatable bonds is 4. The fourth-order valence-corrected chi connectivity index (χ4v) is 1.56. The topological polar surface area (TPSA) is 12.5 Å². The quantitative estimate of drug-likeness (QED) is 0.660. The van der Waals surface area contributed by atoms with Crippen LogP contribution in [-0.2, 0) is 4.74 Å². The Morgan fingerprint density at radius 3 is 2.21 bits per heavy atom. The predicted octanol–water partition coefficient (Wildman–Crippen LogP) is 2.05. The first kappa shape index (κ1) is 11.8. The highest BCUT2D eigenvalue weighted by molar-refractivity contribution is 4.85. The van der Waals surface area contributed by atoms with E-state index >= 15 is 0 Å². The van der Waals surface area contributed by atoms with Crippen LogP contribution >= 0.6 is 0 Å². The molecule has 0 amide bonds. The molecule has 1 saturated heterocycles. The molecule has 2 atom stereocenters. The van der Waals surface area contributed by atoms with Gasteiger partial charge in [-0.25, -0.2) is 4.39 Å². The van der Waals surface area contributed by atoms with E-state index in [2.05, 4.69) is 4.74 Å².